The molecule has 0 aromatic heterocycles. The van der Waals surface area contributed by atoms with Crippen molar-refractivity contribution in [2.75, 3.05) is 6.61 Å². The van der Waals surface area contributed by atoms with Gasteiger partial charge in [0, 0.05) is 0 Å². The van der Waals surface area contributed by atoms with Crippen LogP contribution in [0.15, 0.2) is 0 Å². The Labute approximate surface area is 73.7 Å². The molecule has 0 aliphatic carbocycles. The van der Waals surface area contributed by atoms with Crippen LogP contribution in [0.5, 0.6) is 0 Å². The van der Waals surface area contributed by atoms with Gasteiger partial charge in [-0.25, -0.2) is 0 Å². The second-order valence-electron chi connectivity index (χ2n) is 2.94. The molecule has 72 valence electrons. The lowest BCUT2D eigenvalue weighted by molar-refractivity contribution is -0.149. The average molecular weight is 174 g/mol. The highest BCUT2D eigenvalue weighted by Gasteiger charge is 2.19. The predicted octanol–water partition coefficient (Wildman–Crippen LogP) is 1.35. The van der Waals surface area contributed by atoms with Crippen LogP contribution < -0.4 is 0 Å². The zero-order valence-corrected chi connectivity index (χ0v) is 8.04. The molecule has 0 aliphatic rings. The summed E-state index contributed by atoms with van der Waals surface area (Å²) in [4.78, 5) is 11.2. The maximum Gasteiger partial charge on any atom is 0.309 e. The first-order valence-corrected chi connectivity index (χ1v) is 4.46. The van der Waals surface area contributed by atoms with Gasteiger partial charge >= 0.3 is 5.97 Å². The highest BCUT2D eigenvalue weighted by molar-refractivity contribution is 5.72. The first kappa shape index (κ1) is 11.4. The average Bonchev–Trinajstić information content (AvgIpc) is 2.00. The fourth-order valence-electron chi connectivity index (χ4n) is 1.10. The van der Waals surface area contributed by atoms with Crippen LogP contribution in [0.4, 0.5) is 0 Å². The van der Waals surface area contributed by atoms with Gasteiger partial charge in [-0.05, 0) is 26.7 Å². The molecule has 0 aromatic carbocycles. The molecule has 0 rings (SSSR count). The van der Waals surface area contributed by atoms with Gasteiger partial charge in [0.05, 0.1) is 18.6 Å². The van der Waals surface area contributed by atoms with Gasteiger partial charge in [0.1, 0.15) is 0 Å². The number of hydrogen-bond donors (Lipinski definition) is 1. The summed E-state index contributed by atoms with van der Waals surface area (Å²) in [6.45, 7) is 5.80. The Hall–Kier alpha value is -0.570. The minimum Gasteiger partial charge on any atom is -0.466 e. The molecular weight excluding hydrogens is 156 g/mol. The molecule has 0 fully saturated rings. The zero-order chi connectivity index (χ0) is 9.56. The van der Waals surface area contributed by atoms with E-state index in [1.54, 1.807) is 13.8 Å². The maximum absolute atomic E-state index is 11.2. The standard InChI is InChI=1S/C9H18O3/c1-4-8(6-7(3)10)9(11)12-5-2/h7-8,10H,4-6H2,1-3H3. The summed E-state index contributed by atoms with van der Waals surface area (Å²) < 4.78 is 4.85. The number of aliphatic hydroxyl groups excluding tert-OH is 1. The third kappa shape index (κ3) is 4.34. The van der Waals surface area contributed by atoms with Crippen LogP contribution in [0.1, 0.15) is 33.6 Å². The molecule has 12 heavy (non-hydrogen) atoms. The fourth-order valence-corrected chi connectivity index (χ4v) is 1.10. The van der Waals surface area contributed by atoms with Crippen molar-refractivity contribution in [2.24, 2.45) is 5.92 Å². The van der Waals surface area contributed by atoms with Gasteiger partial charge in [-0.15, -0.1) is 0 Å². The highest BCUT2D eigenvalue weighted by atomic mass is 16.5. The second-order valence-corrected chi connectivity index (χ2v) is 2.94. The first-order chi connectivity index (χ1) is 5.61. The number of hydrogen-bond acceptors (Lipinski definition) is 3. The van der Waals surface area contributed by atoms with Gasteiger partial charge in [-0.3, -0.25) is 4.79 Å². The molecule has 3 heteroatoms. The third-order valence-corrected chi connectivity index (χ3v) is 1.74. The minimum atomic E-state index is -0.431. The Morgan fingerprint density at radius 3 is 2.42 bits per heavy atom. The number of esters is 1. The molecule has 0 bridgehead atoms. The van der Waals surface area contributed by atoms with Crippen molar-refractivity contribution in [1.29, 1.82) is 0 Å². The number of ether oxygens (including phenoxy) is 1. The third-order valence-electron chi connectivity index (χ3n) is 1.74. The molecule has 3 nitrogen and oxygen atoms in total. The Kier molecular flexibility index (Phi) is 5.72. The van der Waals surface area contributed by atoms with Crippen molar-refractivity contribution in [1.82, 2.24) is 0 Å². The number of carbonyl (C=O) groups excluding carboxylic acids is 1. The van der Waals surface area contributed by atoms with Crippen molar-refractivity contribution in [3.8, 4) is 0 Å². The summed E-state index contributed by atoms with van der Waals surface area (Å²) in [6, 6.07) is 0. The van der Waals surface area contributed by atoms with Crippen LogP contribution in [-0.4, -0.2) is 23.8 Å². The summed E-state index contributed by atoms with van der Waals surface area (Å²) >= 11 is 0. The van der Waals surface area contributed by atoms with Gasteiger partial charge in [-0.2, -0.15) is 0 Å². The smallest absolute Gasteiger partial charge is 0.309 e. The lowest BCUT2D eigenvalue weighted by Gasteiger charge is -2.14. The summed E-state index contributed by atoms with van der Waals surface area (Å²) in [5.41, 5.74) is 0. The predicted molar refractivity (Wildman–Crippen MR) is 46.7 cm³/mol. The summed E-state index contributed by atoms with van der Waals surface area (Å²) in [5, 5.41) is 9.06. The molecule has 0 aromatic rings. The van der Waals surface area contributed by atoms with E-state index >= 15 is 0 Å². The molecule has 0 saturated heterocycles. The normalized spacial score (nSPS) is 15.3. The lowest BCUT2D eigenvalue weighted by Crippen LogP contribution is -2.21. The van der Waals surface area contributed by atoms with Gasteiger partial charge in [0.2, 0.25) is 0 Å². The van der Waals surface area contributed by atoms with E-state index < -0.39 is 6.10 Å². The molecule has 0 aliphatic heterocycles. The van der Waals surface area contributed by atoms with Gasteiger partial charge in [0.15, 0.2) is 0 Å². The van der Waals surface area contributed by atoms with Crippen molar-refractivity contribution in [3.05, 3.63) is 0 Å². The first-order valence-electron chi connectivity index (χ1n) is 4.46. The molecule has 0 amide bonds. The molecule has 0 saturated carbocycles. The minimum absolute atomic E-state index is 0.148. The Bertz CT molecular complexity index is 132. The van der Waals surface area contributed by atoms with E-state index in [1.165, 1.54) is 0 Å². The Balaban J connectivity index is 3.87. The van der Waals surface area contributed by atoms with Crippen molar-refractivity contribution in [3.63, 3.8) is 0 Å². The Morgan fingerprint density at radius 2 is 2.08 bits per heavy atom. The monoisotopic (exact) mass is 174 g/mol. The van der Waals surface area contributed by atoms with Crippen molar-refractivity contribution >= 4 is 5.97 Å². The topological polar surface area (TPSA) is 46.5 Å². The van der Waals surface area contributed by atoms with E-state index in [2.05, 4.69) is 0 Å². The summed E-state index contributed by atoms with van der Waals surface area (Å²) in [6.07, 6.45) is 0.790. The maximum atomic E-state index is 11.2. The van der Waals surface area contributed by atoms with E-state index in [0.29, 0.717) is 13.0 Å². The van der Waals surface area contributed by atoms with E-state index in [-0.39, 0.29) is 11.9 Å². The summed E-state index contributed by atoms with van der Waals surface area (Å²) in [7, 11) is 0. The van der Waals surface area contributed by atoms with Crippen molar-refractivity contribution in [2.45, 2.75) is 39.7 Å². The van der Waals surface area contributed by atoms with E-state index in [1.807, 2.05) is 6.92 Å². The largest absolute Gasteiger partial charge is 0.466 e. The van der Waals surface area contributed by atoms with Crippen LogP contribution in [-0.2, 0) is 9.53 Å². The van der Waals surface area contributed by atoms with Crippen LogP contribution in [0.2, 0.25) is 0 Å². The SMILES string of the molecule is CCOC(=O)C(CC)CC(C)O. The molecule has 0 radical (unpaired) electrons. The van der Waals surface area contributed by atoms with Gasteiger partial charge in [-0.1, -0.05) is 6.92 Å². The Morgan fingerprint density at radius 1 is 1.50 bits per heavy atom. The fraction of sp³-hybridized carbons (Fsp3) is 0.889. The summed E-state index contributed by atoms with van der Waals surface area (Å²) in [5.74, 6) is -0.342. The molecule has 1 N–H and O–H groups in total. The highest BCUT2D eigenvalue weighted by Crippen LogP contribution is 2.12. The van der Waals surface area contributed by atoms with E-state index in [9.17, 15) is 4.79 Å². The van der Waals surface area contributed by atoms with Crippen LogP contribution in [0, 0.1) is 5.92 Å². The zero-order valence-electron chi connectivity index (χ0n) is 8.04. The number of carbonyl (C=O) groups is 1. The van der Waals surface area contributed by atoms with Crippen molar-refractivity contribution < 1.29 is 14.6 Å². The molecule has 0 heterocycles. The van der Waals surface area contributed by atoms with Crippen LogP contribution in [0.3, 0.4) is 0 Å². The molecule has 0 spiro atoms. The number of aliphatic hydroxyl groups is 1. The van der Waals surface area contributed by atoms with E-state index in [4.69, 9.17) is 9.84 Å². The van der Waals surface area contributed by atoms with E-state index in [0.717, 1.165) is 6.42 Å². The van der Waals surface area contributed by atoms with Crippen LogP contribution >= 0.6 is 0 Å². The quantitative estimate of drug-likeness (QED) is 0.640. The lowest BCUT2D eigenvalue weighted by atomic mass is 10.00. The molecule has 2 unspecified atom stereocenters. The van der Waals surface area contributed by atoms with Gasteiger partial charge in [0.25, 0.3) is 0 Å². The second kappa shape index (κ2) is 6.00. The molecular formula is C9H18O3. The van der Waals surface area contributed by atoms with Gasteiger partial charge < -0.3 is 9.84 Å². The van der Waals surface area contributed by atoms with Crippen LogP contribution in [0.25, 0.3) is 0 Å². The molecule has 2 atom stereocenters. The number of rotatable bonds is 5.